The molecule has 1 amide bonds. The molecular weight excluding hydrogens is 558 g/mol. The van der Waals surface area contributed by atoms with Crippen molar-refractivity contribution in [3.8, 4) is 0 Å². The molecule has 2 aliphatic heterocycles. The molecule has 0 spiro atoms. The van der Waals surface area contributed by atoms with Gasteiger partial charge in [-0.2, -0.15) is 13.8 Å². The first kappa shape index (κ1) is 29.5. The van der Waals surface area contributed by atoms with Crippen LogP contribution in [0.15, 0.2) is 29.9 Å². The summed E-state index contributed by atoms with van der Waals surface area (Å²) < 4.78 is 79.9. The Labute approximate surface area is 228 Å². The number of hydrogen-bond acceptors (Lipinski definition) is 9. The summed E-state index contributed by atoms with van der Waals surface area (Å²) in [5, 5.41) is 11.7. The van der Waals surface area contributed by atoms with E-state index in [-0.39, 0.29) is 86.4 Å². The molecule has 11 nitrogen and oxygen atoms in total. The van der Waals surface area contributed by atoms with Gasteiger partial charge in [-0.05, 0) is 37.5 Å². The SMILES string of the molecule is Cc1cc(NC(=O)c2ccc(NS(=O)(=O)CCO)nc2N2CCC(=C(F)F)CC2)nc(N2CCC(F)(F)CC2)n1. The number of aromatic nitrogens is 3. The maximum atomic E-state index is 13.6. The number of halogens is 4. The second kappa shape index (κ2) is 11.9. The standard InChI is InChI=1S/C24H29F4N7O4S/c1-15-14-19(32-23(29-15)35-10-6-24(27,28)7-11-35)31-22(37)17-2-3-18(33-40(38,39)13-12-36)30-21(17)34-8-4-16(5-9-34)20(25)26/h2-3,14,36H,4-13H2,1H3,(H,30,33)(H,29,31,32,37). The van der Waals surface area contributed by atoms with Gasteiger partial charge in [-0.25, -0.2) is 27.2 Å². The summed E-state index contributed by atoms with van der Waals surface area (Å²) in [6.45, 7) is 1.39. The number of nitrogens with one attached hydrogen (secondary N) is 2. The molecule has 2 saturated heterocycles. The third-order valence-electron chi connectivity index (χ3n) is 6.54. The third-order valence-corrected chi connectivity index (χ3v) is 7.78. The summed E-state index contributed by atoms with van der Waals surface area (Å²) in [7, 11) is -3.92. The Bertz CT molecular complexity index is 1380. The second-order valence-electron chi connectivity index (χ2n) is 9.55. The van der Waals surface area contributed by atoms with Crippen LogP contribution < -0.4 is 19.8 Å². The molecular formula is C24H29F4N7O4S. The number of anilines is 4. The minimum absolute atomic E-state index is 0.00141. The number of carbonyl (C=O) groups is 1. The molecule has 40 heavy (non-hydrogen) atoms. The predicted octanol–water partition coefficient (Wildman–Crippen LogP) is 3.15. The third kappa shape index (κ3) is 7.35. The van der Waals surface area contributed by atoms with Gasteiger partial charge in [0.05, 0.1) is 17.9 Å². The Kier molecular flexibility index (Phi) is 8.77. The Hall–Kier alpha value is -3.53. The molecule has 0 bridgehead atoms. The number of aliphatic hydroxyl groups excluding tert-OH is 1. The van der Waals surface area contributed by atoms with E-state index in [0.717, 1.165) is 0 Å². The van der Waals surface area contributed by atoms with Gasteiger partial charge in [0.1, 0.15) is 17.5 Å². The van der Waals surface area contributed by atoms with Crippen LogP contribution in [0.25, 0.3) is 0 Å². The summed E-state index contributed by atoms with van der Waals surface area (Å²) in [4.78, 5) is 29.5. The van der Waals surface area contributed by atoms with Crippen LogP contribution in [-0.2, 0) is 10.0 Å². The number of hydrogen-bond donors (Lipinski definition) is 3. The number of amides is 1. The second-order valence-corrected chi connectivity index (χ2v) is 11.4. The zero-order valence-corrected chi connectivity index (χ0v) is 22.4. The van der Waals surface area contributed by atoms with Crippen molar-refractivity contribution in [2.45, 2.75) is 38.5 Å². The van der Waals surface area contributed by atoms with Gasteiger partial charge in [-0.1, -0.05) is 0 Å². The van der Waals surface area contributed by atoms with E-state index in [1.165, 1.54) is 18.2 Å². The van der Waals surface area contributed by atoms with Gasteiger partial charge in [0, 0.05) is 50.8 Å². The first-order valence-corrected chi connectivity index (χ1v) is 14.2. The zero-order valence-electron chi connectivity index (χ0n) is 21.6. The molecule has 0 saturated carbocycles. The van der Waals surface area contributed by atoms with Crippen molar-refractivity contribution in [3.05, 3.63) is 41.1 Å². The van der Waals surface area contributed by atoms with E-state index in [1.807, 2.05) is 0 Å². The minimum atomic E-state index is -3.92. The number of alkyl halides is 2. The molecule has 0 aromatic carbocycles. The summed E-state index contributed by atoms with van der Waals surface area (Å²) in [5.41, 5.74) is 0.531. The van der Waals surface area contributed by atoms with Crippen LogP contribution in [0.1, 0.15) is 41.7 Å². The molecule has 4 heterocycles. The van der Waals surface area contributed by atoms with Gasteiger partial charge < -0.3 is 20.2 Å². The number of piperidine rings is 2. The molecule has 4 rings (SSSR count). The highest BCUT2D eigenvalue weighted by atomic mass is 32.2. The number of rotatable bonds is 8. The summed E-state index contributed by atoms with van der Waals surface area (Å²) in [6, 6.07) is 4.12. The van der Waals surface area contributed by atoms with Crippen molar-refractivity contribution in [3.63, 3.8) is 0 Å². The van der Waals surface area contributed by atoms with Crippen molar-refractivity contribution >= 4 is 39.3 Å². The van der Waals surface area contributed by atoms with E-state index >= 15 is 0 Å². The number of aryl methyl sites for hydroxylation is 1. The Morgan fingerprint density at radius 2 is 1.70 bits per heavy atom. The van der Waals surface area contributed by atoms with Crippen LogP contribution in [0.3, 0.4) is 0 Å². The summed E-state index contributed by atoms with van der Waals surface area (Å²) >= 11 is 0. The quantitative estimate of drug-likeness (QED) is 0.397. The number of pyridine rings is 1. The van der Waals surface area contributed by atoms with Crippen LogP contribution in [0, 0.1) is 6.92 Å². The number of aliphatic hydroxyl groups is 1. The van der Waals surface area contributed by atoms with Crippen LogP contribution in [0.2, 0.25) is 0 Å². The zero-order chi connectivity index (χ0) is 29.1. The van der Waals surface area contributed by atoms with Crippen molar-refractivity contribution in [1.82, 2.24) is 15.0 Å². The van der Waals surface area contributed by atoms with Gasteiger partial charge in [0.15, 0.2) is 0 Å². The molecule has 0 radical (unpaired) electrons. The maximum absolute atomic E-state index is 13.6. The molecule has 218 valence electrons. The van der Waals surface area contributed by atoms with Gasteiger partial charge in [0.2, 0.25) is 16.0 Å². The highest BCUT2D eigenvalue weighted by molar-refractivity contribution is 7.92. The van der Waals surface area contributed by atoms with Crippen molar-refractivity contribution in [1.29, 1.82) is 0 Å². The van der Waals surface area contributed by atoms with E-state index in [1.54, 1.807) is 16.7 Å². The largest absolute Gasteiger partial charge is 0.395 e. The topological polar surface area (TPSA) is 141 Å². The van der Waals surface area contributed by atoms with Crippen molar-refractivity contribution in [2.75, 3.05) is 58.4 Å². The summed E-state index contributed by atoms with van der Waals surface area (Å²) in [6.07, 6.45) is -2.35. The van der Waals surface area contributed by atoms with E-state index in [4.69, 9.17) is 5.11 Å². The fourth-order valence-corrected chi connectivity index (χ4v) is 5.18. The average Bonchev–Trinajstić information content (AvgIpc) is 2.88. The first-order chi connectivity index (χ1) is 18.9. The highest BCUT2D eigenvalue weighted by Crippen LogP contribution is 2.31. The van der Waals surface area contributed by atoms with Gasteiger partial charge in [-0.15, -0.1) is 0 Å². The molecule has 2 fully saturated rings. The van der Waals surface area contributed by atoms with Crippen LogP contribution in [0.4, 0.5) is 41.0 Å². The lowest BCUT2D eigenvalue weighted by Crippen LogP contribution is -2.40. The van der Waals surface area contributed by atoms with Crippen LogP contribution in [0.5, 0.6) is 0 Å². The predicted molar refractivity (Wildman–Crippen MR) is 141 cm³/mol. The van der Waals surface area contributed by atoms with Crippen LogP contribution in [-0.4, -0.2) is 78.8 Å². The van der Waals surface area contributed by atoms with Crippen molar-refractivity contribution < 1.29 is 35.9 Å². The molecule has 16 heteroatoms. The normalized spacial score (nSPS) is 17.5. The lowest BCUT2D eigenvalue weighted by molar-refractivity contribution is -0.0222. The van der Waals surface area contributed by atoms with E-state index < -0.39 is 40.3 Å². The lowest BCUT2D eigenvalue weighted by Gasteiger charge is -2.32. The Morgan fingerprint density at radius 3 is 2.33 bits per heavy atom. The molecule has 3 N–H and O–H groups in total. The van der Waals surface area contributed by atoms with Gasteiger partial charge >= 0.3 is 0 Å². The number of nitrogens with zero attached hydrogens (tertiary/aromatic N) is 5. The van der Waals surface area contributed by atoms with E-state index in [9.17, 15) is 30.8 Å². The Balaban J connectivity index is 1.60. The van der Waals surface area contributed by atoms with Gasteiger partial charge in [-0.3, -0.25) is 9.52 Å². The fraction of sp³-hybridized carbons (Fsp3) is 0.500. The smallest absolute Gasteiger partial charge is 0.269 e. The highest BCUT2D eigenvalue weighted by Gasteiger charge is 2.35. The molecule has 2 aliphatic rings. The molecule has 2 aromatic rings. The lowest BCUT2D eigenvalue weighted by atomic mass is 10.0. The van der Waals surface area contributed by atoms with Crippen LogP contribution >= 0.6 is 0 Å². The minimum Gasteiger partial charge on any atom is -0.395 e. The van der Waals surface area contributed by atoms with Gasteiger partial charge in [0.25, 0.3) is 17.9 Å². The molecule has 0 atom stereocenters. The monoisotopic (exact) mass is 587 g/mol. The molecule has 0 unspecified atom stereocenters. The summed E-state index contributed by atoms with van der Waals surface area (Å²) in [5.74, 6) is -3.69. The van der Waals surface area contributed by atoms with Crippen molar-refractivity contribution in [2.24, 2.45) is 0 Å². The number of sulfonamides is 1. The molecule has 0 aliphatic carbocycles. The van der Waals surface area contributed by atoms with E-state index in [0.29, 0.717) is 5.69 Å². The Morgan fingerprint density at radius 1 is 1.02 bits per heavy atom. The fourth-order valence-electron chi connectivity index (χ4n) is 4.41. The molecule has 2 aromatic heterocycles. The average molecular weight is 588 g/mol. The number of carbonyl (C=O) groups excluding carboxylic acids is 1. The van der Waals surface area contributed by atoms with E-state index in [2.05, 4.69) is 25.0 Å². The maximum Gasteiger partial charge on any atom is 0.269 e. The first-order valence-electron chi connectivity index (χ1n) is 12.6.